The number of carbonyl (C=O) groups excluding carboxylic acids is 1. The second-order valence-corrected chi connectivity index (χ2v) is 7.41. The molecule has 4 heteroatoms. The third-order valence-corrected chi connectivity index (χ3v) is 4.44. The van der Waals surface area contributed by atoms with E-state index in [1.165, 1.54) is 0 Å². The number of Topliss-reactive ketones (excluding diaryl/α,β-unsaturated/α-hetero) is 1. The predicted octanol–water partition coefficient (Wildman–Crippen LogP) is 3.91. The van der Waals surface area contributed by atoms with E-state index in [9.17, 15) is 4.79 Å². The lowest BCUT2D eigenvalue weighted by atomic mass is 9.76. The Bertz CT molecular complexity index is 486. The number of rotatable bonds is 9. The number of ether oxygens (including phenoxy) is 1. The Kier molecular flexibility index (Phi) is 7.33. The fraction of sp³-hybridized carbons (Fsp3) is 0.632. The molecule has 0 spiro atoms. The topological polar surface area (TPSA) is 35.5 Å². The summed E-state index contributed by atoms with van der Waals surface area (Å²) in [6.45, 7) is 13.2. The van der Waals surface area contributed by atoms with Gasteiger partial charge >= 0.3 is 7.48 Å². The molecule has 0 atom stereocenters. The van der Waals surface area contributed by atoms with Crippen molar-refractivity contribution in [3.8, 4) is 5.75 Å². The Labute approximate surface area is 142 Å². The van der Waals surface area contributed by atoms with E-state index < -0.39 is 0 Å². The minimum atomic E-state index is -0.242. The van der Waals surface area contributed by atoms with Gasteiger partial charge in [0.25, 0.3) is 0 Å². The summed E-state index contributed by atoms with van der Waals surface area (Å²) in [5.41, 5.74) is 0.826. The fourth-order valence-corrected chi connectivity index (χ4v) is 1.67. The van der Waals surface area contributed by atoms with Crippen LogP contribution in [-0.2, 0) is 9.45 Å². The van der Waals surface area contributed by atoms with Crippen molar-refractivity contribution in [2.75, 3.05) is 6.61 Å². The average molecular weight is 317 g/mol. The fourth-order valence-electron chi connectivity index (χ4n) is 1.67. The van der Waals surface area contributed by atoms with Gasteiger partial charge in [0, 0.05) is 12.8 Å². The van der Waals surface area contributed by atoms with Crippen molar-refractivity contribution in [3.05, 3.63) is 24.3 Å². The van der Waals surface area contributed by atoms with Gasteiger partial charge in [-0.2, -0.15) is 0 Å². The first kappa shape index (κ1) is 19.8. The van der Waals surface area contributed by atoms with Crippen LogP contribution in [0.1, 0.15) is 60.8 Å². The van der Waals surface area contributed by atoms with Crippen LogP contribution in [-0.4, -0.2) is 25.5 Å². The summed E-state index contributed by atoms with van der Waals surface area (Å²) < 4.78 is 11.6. The number of hydrogen-bond acceptors (Lipinski definition) is 3. The van der Waals surface area contributed by atoms with Gasteiger partial charge in [0.2, 0.25) is 0 Å². The van der Waals surface area contributed by atoms with Crippen molar-refractivity contribution >= 4 is 18.7 Å². The molecule has 1 aromatic rings. The van der Waals surface area contributed by atoms with Crippen LogP contribution in [0.15, 0.2) is 24.3 Å². The molecule has 0 unspecified atom stereocenters. The lowest BCUT2D eigenvalue weighted by Gasteiger charge is -2.39. The van der Waals surface area contributed by atoms with E-state index in [-0.39, 0.29) is 16.8 Å². The van der Waals surface area contributed by atoms with Gasteiger partial charge in [-0.15, -0.1) is 0 Å². The molecule has 3 nitrogen and oxygen atoms in total. The zero-order valence-electron chi connectivity index (χ0n) is 15.4. The van der Waals surface area contributed by atoms with Crippen LogP contribution in [0, 0.1) is 5.41 Å². The molecule has 0 aliphatic carbocycles. The highest BCUT2D eigenvalue weighted by Gasteiger charge is 2.33. The van der Waals surface area contributed by atoms with Crippen LogP contribution >= 0.6 is 0 Å². The number of carbonyl (C=O) groups is 1. The second kappa shape index (κ2) is 8.53. The van der Waals surface area contributed by atoms with Gasteiger partial charge in [-0.3, -0.25) is 4.79 Å². The molecule has 1 radical (unpaired) electrons. The highest BCUT2D eigenvalue weighted by atomic mass is 16.5. The van der Waals surface area contributed by atoms with Crippen molar-refractivity contribution in [2.24, 2.45) is 5.41 Å². The zero-order chi connectivity index (χ0) is 17.5. The maximum Gasteiger partial charge on any atom is 0.330 e. The summed E-state index contributed by atoms with van der Waals surface area (Å²) in [4.78, 5) is 11.2. The SMILES string of the molecule is CCC(=O)CCCOc1ccc([B]OC(C)(C)C(C)(C)C)cc1. The van der Waals surface area contributed by atoms with Crippen LogP contribution in [0.2, 0.25) is 0 Å². The third kappa shape index (κ3) is 6.78. The standard InChI is InChI=1S/C19H30BO3/c1-7-16(21)9-8-14-22-17-12-10-15(11-13-17)20-23-19(5,6)18(2,3)4/h10-13H,7-9,14H2,1-6H3. The monoisotopic (exact) mass is 317 g/mol. The van der Waals surface area contributed by atoms with Gasteiger partial charge in [0.15, 0.2) is 0 Å². The summed E-state index contributed by atoms with van der Waals surface area (Å²) in [6.07, 6.45) is 1.97. The normalized spacial score (nSPS) is 12.1. The second-order valence-electron chi connectivity index (χ2n) is 7.41. The number of hydrogen-bond donors (Lipinski definition) is 0. The zero-order valence-corrected chi connectivity index (χ0v) is 15.4. The van der Waals surface area contributed by atoms with E-state index in [1.807, 2.05) is 31.2 Å². The summed E-state index contributed by atoms with van der Waals surface area (Å²) in [6, 6.07) is 7.82. The molecule has 0 aliphatic heterocycles. The number of benzene rings is 1. The Balaban J connectivity index is 2.40. The minimum Gasteiger partial charge on any atom is -0.494 e. The number of ketones is 1. The summed E-state index contributed by atoms with van der Waals surface area (Å²) in [7, 11) is 1.80. The Hall–Kier alpha value is -1.29. The smallest absolute Gasteiger partial charge is 0.330 e. The third-order valence-electron chi connectivity index (χ3n) is 4.44. The minimum absolute atomic E-state index is 0.0580. The van der Waals surface area contributed by atoms with Crippen molar-refractivity contribution in [1.29, 1.82) is 0 Å². The first-order valence-electron chi connectivity index (χ1n) is 8.41. The molecule has 0 bridgehead atoms. The largest absolute Gasteiger partial charge is 0.494 e. The van der Waals surface area contributed by atoms with E-state index in [0.717, 1.165) is 17.6 Å². The molecule has 0 N–H and O–H groups in total. The highest BCUT2D eigenvalue weighted by molar-refractivity contribution is 6.47. The molecular weight excluding hydrogens is 287 g/mol. The molecule has 1 aromatic carbocycles. The molecule has 23 heavy (non-hydrogen) atoms. The van der Waals surface area contributed by atoms with E-state index in [0.29, 0.717) is 19.4 Å². The van der Waals surface area contributed by atoms with E-state index >= 15 is 0 Å². The molecule has 127 valence electrons. The van der Waals surface area contributed by atoms with Crippen molar-refractivity contribution < 1.29 is 14.2 Å². The molecule has 1 rings (SSSR count). The average Bonchev–Trinajstić information content (AvgIpc) is 2.49. The molecule has 0 saturated carbocycles. The molecule has 0 fully saturated rings. The molecule has 0 aliphatic rings. The van der Waals surface area contributed by atoms with E-state index in [4.69, 9.17) is 9.39 Å². The van der Waals surface area contributed by atoms with Crippen LogP contribution in [0.25, 0.3) is 0 Å². The van der Waals surface area contributed by atoms with Crippen molar-refractivity contribution in [2.45, 2.75) is 66.4 Å². The van der Waals surface area contributed by atoms with Gasteiger partial charge in [-0.05, 0) is 37.8 Å². The van der Waals surface area contributed by atoms with Crippen molar-refractivity contribution in [3.63, 3.8) is 0 Å². The maximum atomic E-state index is 11.2. The van der Waals surface area contributed by atoms with Gasteiger partial charge in [-0.25, -0.2) is 0 Å². The lowest BCUT2D eigenvalue weighted by molar-refractivity contribution is -0.118. The summed E-state index contributed by atoms with van der Waals surface area (Å²) >= 11 is 0. The van der Waals surface area contributed by atoms with Gasteiger partial charge in [0.05, 0.1) is 12.2 Å². The van der Waals surface area contributed by atoms with Gasteiger partial charge in [0.1, 0.15) is 11.5 Å². The Morgan fingerprint density at radius 1 is 1.09 bits per heavy atom. The summed E-state index contributed by atoms with van der Waals surface area (Å²) in [5.74, 6) is 1.11. The molecule has 0 heterocycles. The lowest BCUT2D eigenvalue weighted by Crippen LogP contribution is -2.42. The maximum absolute atomic E-state index is 11.2. The molecule has 0 saturated heterocycles. The van der Waals surface area contributed by atoms with Gasteiger partial charge in [-0.1, -0.05) is 45.3 Å². The summed E-state index contributed by atoms with van der Waals surface area (Å²) in [5, 5.41) is 0. The van der Waals surface area contributed by atoms with E-state index in [2.05, 4.69) is 34.6 Å². The quantitative estimate of drug-likeness (QED) is 0.512. The highest BCUT2D eigenvalue weighted by Crippen LogP contribution is 2.32. The first-order valence-corrected chi connectivity index (χ1v) is 8.41. The van der Waals surface area contributed by atoms with Crippen LogP contribution in [0.3, 0.4) is 0 Å². The predicted molar refractivity (Wildman–Crippen MR) is 96.5 cm³/mol. The molecule has 0 aromatic heterocycles. The van der Waals surface area contributed by atoms with E-state index in [1.54, 1.807) is 7.48 Å². The molecule has 0 amide bonds. The molecular formula is C19H30BO3. The van der Waals surface area contributed by atoms with Crippen LogP contribution in [0.4, 0.5) is 0 Å². The van der Waals surface area contributed by atoms with Crippen LogP contribution in [0.5, 0.6) is 5.75 Å². The Morgan fingerprint density at radius 2 is 1.70 bits per heavy atom. The van der Waals surface area contributed by atoms with Gasteiger partial charge < -0.3 is 9.39 Å². The first-order chi connectivity index (χ1) is 10.7. The van der Waals surface area contributed by atoms with Crippen LogP contribution < -0.4 is 10.2 Å². The van der Waals surface area contributed by atoms with Crippen molar-refractivity contribution in [1.82, 2.24) is 0 Å². The Morgan fingerprint density at radius 3 is 2.22 bits per heavy atom.